The Morgan fingerprint density at radius 2 is 1.83 bits per heavy atom. The Balaban J connectivity index is 1.60. The van der Waals surface area contributed by atoms with Crippen LogP contribution in [0.1, 0.15) is 40.9 Å². The first-order valence-corrected chi connectivity index (χ1v) is 11.9. The average molecular weight is 449 g/mol. The van der Waals surface area contributed by atoms with Crippen LogP contribution in [0.4, 0.5) is 5.13 Å². The standard InChI is InChI=1S/C19H20N4O5S2/c24-17(21-19-20-11-15(29-19)18(25)26)16(22-23-9-1-2-10-23)12-3-5-13(6-4-12)30(27,28)14-7-8-14/h3-6,11,14H,1-2,7-10H2,(H,25,26)(H,20,21,24). The maximum atomic E-state index is 12.9. The number of carbonyl (C=O) groups is 2. The maximum Gasteiger partial charge on any atom is 0.347 e. The first-order valence-electron chi connectivity index (χ1n) is 9.53. The van der Waals surface area contributed by atoms with E-state index in [9.17, 15) is 18.0 Å². The van der Waals surface area contributed by atoms with Gasteiger partial charge in [0.05, 0.1) is 16.3 Å². The Bertz CT molecular complexity index is 1100. The van der Waals surface area contributed by atoms with E-state index in [2.05, 4.69) is 15.4 Å². The van der Waals surface area contributed by atoms with Crippen molar-refractivity contribution in [2.75, 3.05) is 18.4 Å². The number of amides is 1. The first-order chi connectivity index (χ1) is 14.3. The Kier molecular flexibility index (Phi) is 5.56. The van der Waals surface area contributed by atoms with Crippen molar-refractivity contribution in [3.8, 4) is 0 Å². The molecule has 0 bridgehead atoms. The van der Waals surface area contributed by atoms with Crippen molar-refractivity contribution in [3.05, 3.63) is 40.9 Å². The van der Waals surface area contributed by atoms with Crippen molar-refractivity contribution in [2.24, 2.45) is 5.10 Å². The molecule has 1 aliphatic carbocycles. The summed E-state index contributed by atoms with van der Waals surface area (Å²) >= 11 is 0.850. The summed E-state index contributed by atoms with van der Waals surface area (Å²) in [6.07, 6.45) is 4.49. The summed E-state index contributed by atoms with van der Waals surface area (Å²) < 4.78 is 24.8. The molecule has 0 spiro atoms. The van der Waals surface area contributed by atoms with Gasteiger partial charge >= 0.3 is 5.97 Å². The number of benzene rings is 1. The van der Waals surface area contributed by atoms with Gasteiger partial charge in [0.25, 0.3) is 5.91 Å². The lowest BCUT2D eigenvalue weighted by Crippen LogP contribution is -2.27. The normalized spacial score (nSPS) is 17.2. The third kappa shape index (κ3) is 4.36. The molecule has 9 nitrogen and oxygen atoms in total. The fourth-order valence-electron chi connectivity index (χ4n) is 3.14. The van der Waals surface area contributed by atoms with Gasteiger partial charge in [0, 0.05) is 18.7 Å². The summed E-state index contributed by atoms with van der Waals surface area (Å²) in [5.74, 6) is -1.66. The molecule has 158 valence electrons. The van der Waals surface area contributed by atoms with Gasteiger partial charge in [-0.15, -0.1) is 0 Å². The molecule has 0 atom stereocenters. The number of rotatable bonds is 7. The molecule has 0 unspecified atom stereocenters. The van der Waals surface area contributed by atoms with Crippen molar-refractivity contribution >= 4 is 43.9 Å². The number of carboxylic acids is 1. The lowest BCUT2D eigenvalue weighted by molar-refractivity contribution is -0.110. The minimum absolute atomic E-state index is 0.0120. The number of nitrogens with one attached hydrogen (secondary N) is 1. The Labute approximate surface area is 177 Å². The Morgan fingerprint density at radius 3 is 2.40 bits per heavy atom. The molecule has 30 heavy (non-hydrogen) atoms. The van der Waals surface area contributed by atoms with Gasteiger partial charge in [-0.25, -0.2) is 18.2 Å². The van der Waals surface area contributed by atoms with Crippen LogP contribution in [0.5, 0.6) is 0 Å². The summed E-state index contributed by atoms with van der Waals surface area (Å²) in [7, 11) is -3.32. The zero-order chi connectivity index (χ0) is 21.3. The first kappa shape index (κ1) is 20.5. The smallest absolute Gasteiger partial charge is 0.347 e. The molecule has 1 aliphatic heterocycles. The van der Waals surface area contributed by atoms with Crippen LogP contribution < -0.4 is 5.32 Å². The van der Waals surface area contributed by atoms with Crippen molar-refractivity contribution < 1.29 is 23.1 Å². The number of anilines is 1. The molecule has 2 aliphatic rings. The lowest BCUT2D eigenvalue weighted by atomic mass is 10.1. The highest BCUT2D eigenvalue weighted by Gasteiger charge is 2.36. The molecular formula is C19H20N4O5S2. The molecule has 2 fully saturated rings. The molecule has 1 aromatic heterocycles. The van der Waals surface area contributed by atoms with Gasteiger partial charge in [-0.1, -0.05) is 23.5 Å². The number of hydrogen-bond acceptors (Lipinski definition) is 8. The minimum Gasteiger partial charge on any atom is -0.477 e. The summed E-state index contributed by atoms with van der Waals surface area (Å²) in [6, 6.07) is 6.16. The number of carbonyl (C=O) groups excluding carboxylic acids is 1. The number of carboxylic acid groups (broad SMARTS) is 1. The van der Waals surface area contributed by atoms with E-state index >= 15 is 0 Å². The molecule has 2 aromatic rings. The molecular weight excluding hydrogens is 428 g/mol. The predicted molar refractivity (Wildman–Crippen MR) is 112 cm³/mol. The van der Waals surface area contributed by atoms with E-state index in [1.807, 2.05) is 0 Å². The second kappa shape index (κ2) is 8.15. The highest BCUT2D eigenvalue weighted by Crippen LogP contribution is 2.33. The monoisotopic (exact) mass is 448 g/mol. The number of nitrogens with zero attached hydrogens (tertiary/aromatic N) is 3. The molecule has 0 radical (unpaired) electrons. The van der Waals surface area contributed by atoms with Crippen LogP contribution in [-0.4, -0.2) is 59.4 Å². The predicted octanol–water partition coefficient (Wildman–Crippen LogP) is 2.22. The molecule has 1 aromatic carbocycles. The van der Waals surface area contributed by atoms with Gasteiger partial charge in [-0.05, 0) is 37.8 Å². The number of aromatic carboxylic acids is 1. The van der Waals surface area contributed by atoms with Crippen LogP contribution >= 0.6 is 11.3 Å². The third-order valence-corrected chi connectivity index (χ3v) is 8.07. The molecule has 4 rings (SSSR count). The fourth-order valence-corrected chi connectivity index (χ4v) is 5.44. The number of sulfone groups is 1. The average Bonchev–Trinajstić information content (AvgIpc) is 3.27. The van der Waals surface area contributed by atoms with Crippen molar-refractivity contribution in [3.63, 3.8) is 0 Å². The Hall–Kier alpha value is -2.79. The van der Waals surface area contributed by atoms with Gasteiger partial charge < -0.3 is 5.11 Å². The van der Waals surface area contributed by atoms with E-state index in [1.54, 1.807) is 17.1 Å². The zero-order valence-corrected chi connectivity index (χ0v) is 17.6. The van der Waals surface area contributed by atoms with E-state index in [1.165, 1.54) is 18.3 Å². The lowest BCUT2D eigenvalue weighted by Gasteiger charge is -2.14. The third-order valence-electron chi connectivity index (χ3n) is 4.90. The molecule has 1 saturated heterocycles. The van der Waals surface area contributed by atoms with Crippen molar-refractivity contribution in [1.82, 2.24) is 9.99 Å². The molecule has 2 N–H and O–H groups in total. The summed E-state index contributed by atoms with van der Waals surface area (Å²) in [5, 5.41) is 17.7. The molecule has 1 amide bonds. The van der Waals surface area contributed by atoms with E-state index in [4.69, 9.17) is 5.11 Å². The Morgan fingerprint density at radius 1 is 1.17 bits per heavy atom. The highest BCUT2D eigenvalue weighted by molar-refractivity contribution is 7.92. The second-order valence-electron chi connectivity index (χ2n) is 7.17. The molecule has 11 heteroatoms. The van der Waals surface area contributed by atoms with Crippen LogP contribution in [0, 0.1) is 0 Å². The number of hydrogen-bond donors (Lipinski definition) is 2. The van der Waals surface area contributed by atoms with Gasteiger partial charge in [0.15, 0.2) is 20.7 Å². The summed E-state index contributed by atoms with van der Waals surface area (Å²) in [4.78, 5) is 28.1. The van der Waals surface area contributed by atoms with Gasteiger partial charge in [0.2, 0.25) is 0 Å². The topological polar surface area (TPSA) is 129 Å². The largest absolute Gasteiger partial charge is 0.477 e. The maximum absolute atomic E-state index is 12.9. The van der Waals surface area contributed by atoms with Gasteiger partial charge in [-0.3, -0.25) is 15.1 Å². The summed E-state index contributed by atoms with van der Waals surface area (Å²) in [6.45, 7) is 1.46. The SMILES string of the molecule is O=C(Nc1ncc(C(=O)O)s1)C(=NN1CCCC1)c1ccc(S(=O)(=O)C2CC2)cc1. The van der Waals surface area contributed by atoms with E-state index in [-0.39, 0.29) is 25.9 Å². The number of aromatic nitrogens is 1. The van der Waals surface area contributed by atoms with Crippen LogP contribution in [0.3, 0.4) is 0 Å². The van der Waals surface area contributed by atoms with Crippen molar-refractivity contribution in [2.45, 2.75) is 35.8 Å². The van der Waals surface area contributed by atoms with Crippen molar-refractivity contribution in [1.29, 1.82) is 0 Å². The number of thiazole rings is 1. The zero-order valence-electron chi connectivity index (χ0n) is 15.9. The quantitative estimate of drug-likeness (QED) is 0.621. The minimum atomic E-state index is -3.32. The van der Waals surface area contributed by atoms with E-state index in [0.29, 0.717) is 18.4 Å². The molecule has 2 heterocycles. The van der Waals surface area contributed by atoms with Gasteiger partial charge in [-0.2, -0.15) is 5.10 Å². The van der Waals surface area contributed by atoms with Gasteiger partial charge in [0.1, 0.15) is 4.88 Å². The van der Waals surface area contributed by atoms with E-state index < -0.39 is 21.7 Å². The van der Waals surface area contributed by atoms with Crippen LogP contribution in [0.15, 0.2) is 40.5 Å². The fraction of sp³-hybridized carbons (Fsp3) is 0.368. The number of hydrazone groups is 1. The van der Waals surface area contributed by atoms with Crippen LogP contribution in [0.25, 0.3) is 0 Å². The molecule has 1 saturated carbocycles. The second-order valence-corrected chi connectivity index (χ2v) is 10.4. The highest BCUT2D eigenvalue weighted by atomic mass is 32.2. The van der Waals surface area contributed by atoms with Crippen LogP contribution in [0.2, 0.25) is 0 Å². The van der Waals surface area contributed by atoms with E-state index in [0.717, 1.165) is 37.3 Å². The van der Waals surface area contributed by atoms with Crippen LogP contribution in [-0.2, 0) is 14.6 Å². The summed E-state index contributed by atoms with van der Waals surface area (Å²) in [5.41, 5.74) is 0.600.